The van der Waals surface area contributed by atoms with E-state index in [-0.39, 0.29) is 21.5 Å². The summed E-state index contributed by atoms with van der Waals surface area (Å²) in [7, 11) is -7.51. The van der Waals surface area contributed by atoms with Gasteiger partial charge in [-0.3, -0.25) is 0 Å². The van der Waals surface area contributed by atoms with Crippen molar-refractivity contribution >= 4 is 19.7 Å². The summed E-state index contributed by atoms with van der Waals surface area (Å²) in [5.74, 6) is -0.376. The lowest BCUT2D eigenvalue weighted by Gasteiger charge is -2.26. The molecule has 0 radical (unpaired) electrons. The second-order valence-corrected chi connectivity index (χ2v) is 13.7. The van der Waals surface area contributed by atoms with Gasteiger partial charge in [-0.25, -0.2) is 16.8 Å². The summed E-state index contributed by atoms with van der Waals surface area (Å²) in [4.78, 5) is 2.19. The van der Waals surface area contributed by atoms with Crippen molar-refractivity contribution in [2.75, 3.05) is 5.75 Å². The van der Waals surface area contributed by atoms with Gasteiger partial charge in [-0.1, -0.05) is 79.6 Å². The number of aryl methyl sites for hydroxylation is 2. The van der Waals surface area contributed by atoms with Gasteiger partial charge in [0.25, 0.3) is 0 Å². The molecule has 2 unspecified atom stereocenters. The Balaban J connectivity index is 1.77. The Morgan fingerprint density at radius 1 is 0.811 bits per heavy atom. The predicted molar refractivity (Wildman–Crippen MR) is 145 cm³/mol. The highest BCUT2D eigenvalue weighted by atomic mass is 32.2. The highest BCUT2D eigenvalue weighted by Gasteiger charge is 2.42. The second-order valence-electron chi connectivity index (χ2n) is 9.86. The summed E-state index contributed by atoms with van der Waals surface area (Å²) < 4.78 is 59.9. The highest BCUT2D eigenvalue weighted by molar-refractivity contribution is 7.94. The van der Waals surface area contributed by atoms with Gasteiger partial charge in [-0.2, -0.15) is 0 Å². The molecule has 1 aliphatic heterocycles. The van der Waals surface area contributed by atoms with Gasteiger partial charge < -0.3 is 9.64 Å². The third-order valence-corrected chi connectivity index (χ3v) is 9.64. The van der Waals surface area contributed by atoms with Crippen molar-refractivity contribution in [1.29, 1.82) is 0 Å². The molecule has 8 heteroatoms. The zero-order valence-electron chi connectivity index (χ0n) is 21.5. The molecule has 3 aromatic carbocycles. The number of nitrogens with zero attached hydrogens (tertiary/aromatic N) is 1. The van der Waals surface area contributed by atoms with E-state index < -0.39 is 32.0 Å². The Morgan fingerprint density at radius 2 is 1.35 bits per heavy atom. The molecule has 4 rings (SSSR count). The SMILES string of the molecule is Cc1ccc(S(=O)(=O)/C=C2\C(C(C)C)OC(CS(=O)(=O)c3ccc(C)cc3)N2Cc2ccccc2)cc1. The normalized spacial score (nSPS) is 19.6. The summed E-state index contributed by atoms with van der Waals surface area (Å²) >= 11 is 0. The fourth-order valence-corrected chi connectivity index (χ4v) is 6.98. The van der Waals surface area contributed by atoms with Gasteiger partial charge in [0.05, 0.1) is 26.6 Å². The Hall–Kier alpha value is -2.94. The third-order valence-electron chi connectivity index (χ3n) is 6.44. The fraction of sp³-hybridized carbons (Fsp3) is 0.310. The molecule has 0 aliphatic carbocycles. The van der Waals surface area contributed by atoms with E-state index in [0.717, 1.165) is 16.7 Å². The Morgan fingerprint density at radius 3 is 1.89 bits per heavy atom. The van der Waals surface area contributed by atoms with E-state index in [4.69, 9.17) is 4.74 Å². The number of benzene rings is 3. The van der Waals surface area contributed by atoms with Crippen molar-refractivity contribution in [3.8, 4) is 0 Å². The average Bonchev–Trinajstić information content (AvgIpc) is 3.16. The van der Waals surface area contributed by atoms with E-state index in [1.807, 2.05) is 58.0 Å². The number of ether oxygens (including phenoxy) is 1. The van der Waals surface area contributed by atoms with E-state index in [2.05, 4.69) is 0 Å². The molecule has 0 aromatic heterocycles. The van der Waals surface area contributed by atoms with E-state index in [1.54, 1.807) is 53.4 Å². The number of hydrogen-bond donors (Lipinski definition) is 0. The number of rotatable bonds is 8. The molecule has 6 nitrogen and oxygen atoms in total. The van der Waals surface area contributed by atoms with Gasteiger partial charge in [0.2, 0.25) is 9.84 Å². The molecule has 37 heavy (non-hydrogen) atoms. The minimum absolute atomic E-state index is 0.0789. The molecule has 0 bridgehead atoms. The van der Waals surface area contributed by atoms with Crippen LogP contribution in [0.1, 0.15) is 30.5 Å². The maximum absolute atomic E-state index is 13.4. The van der Waals surface area contributed by atoms with E-state index in [0.29, 0.717) is 12.2 Å². The first kappa shape index (κ1) is 27.1. The molecule has 196 valence electrons. The van der Waals surface area contributed by atoms with Crippen LogP contribution in [0.5, 0.6) is 0 Å². The van der Waals surface area contributed by atoms with Gasteiger partial charge in [-0.15, -0.1) is 0 Å². The molecule has 1 fully saturated rings. The summed E-state index contributed by atoms with van der Waals surface area (Å²) in [6.07, 6.45) is -1.43. The molecule has 0 amide bonds. The molecule has 1 saturated heterocycles. The summed E-state index contributed by atoms with van der Waals surface area (Å²) in [5, 5.41) is 1.25. The van der Waals surface area contributed by atoms with Crippen LogP contribution >= 0.6 is 0 Å². The first-order valence-electron chi connectivity index (χ1n) is 12.2. The van der Waals surface area contributed by atoms with E-state index in [1.165, 1.54) is 5.41 Å². The van der Waals surface area contributed by atoms with E-state index >= 15 is 0 Å². The van der Waals surface area contributed by atoms with Crippen LogP contribution in [-0.2, 0) is 31.0 Å². The van der Waals surface area contributed by atoms with Crippen molar-refractivity contribution < 1.29 is 21.6 Å². The van der Waals surface area contributed by atoms with Crippen molar-refractivity contribution in [3.63, 3.8) is 0 Å². The van der Waals surface area contributed by atoms with Crippen molar-refractivity contribution in [2.45, 2.75) is 56.4 Å². The largest absolute Gasteiger partial charge is 0.348 e. The molecule has 3 aromatic rings. The molecule has 2 atom stereocenters. The second kappa shape index (κ2) is 10.8. The highest BCUT2D eigenvalue weighted by Crippen LogP contribution is 2.36. The minimum atomic E-state index is -3.81. The number of sulfone groups is 2. The zero-order chi connectivity index (χ0) is 26.8. The third kappa shape index (κ3) is 6.32. The van der Waals surface area contributed by atoms with Crippen molar-refractivity contribution in [2.24, 2.45) is 5.92 Å². The van der Waals surface area contributed by atoms with Gasteiger partial charge in [0.15, 0.2) is 9.84 Å². The van der Waals surface area contributed by atoms with Crippen molar-refractivity contribution in [1.82, 2.24) is 4.90 Å². The summed E-state index contributed by atoms with van der Waals surface area (Å²) in [6.45, 7) is 7.99. The lowest BCUT2D eigenvalue weighted by atomic mass is 10.0. The minimum Gasteiger partial charge on any atom is -0.348 e. The van der Waals surface area contributed by atoms with Crippen LogP contribution in [-0.4, -0.2) is 39.8 Å². The summed E-state index contributed by atoms with van der Waals surface area (Å²) in [5.41, 5.74) is 3.31. The van der Waals surface area contributed by atoms with E-state index in [9.17, 15) is 16.8 Å². The first-order chi connectivity index (χ1) is 17.5. The Kier molecular flexibility index (Phi) is 7.92. The lowest BCUT2D eigenvalue weighted by Crippen LogP contribution is -2.35. The maximum Gasteiger partial charge on any atom is 0.201 e. The van der Waals surface area contributed by atoms with Crippen LogP contribution in [0, 0.1) is 19.8 Å². The van der Waals surface area contributed by atoms with Gasteiger partial charge in [-0.05, 0) is 49.6 Å². The Labute approximate surface area is 220 Å². The van der Waals surface area contributed by atoms with Gasteiger partial charge in [0, 0.05) is 6.54 Å². The maximum atomic E-state index is 13.4. The molecule has 0 spiro atoms. The van der Waals surface area contributed by atoms with Crippen molar-refractivity contribution in [3.05, 3.63) is 107 Å². The quantitative estimate of drug-likeness (QED) is 0.388. The molecule has 1 aliphatic rings. The zero-order valence-corrected chi connectivity index (χ0v) is 23.2. The van der Waals surface area contributed by atoms with Crippen LogP contribution in [0.4, 0.5) is 0 Å². The van der Waals surface area contributed by atoms with Gasteiger partial charge in [0.1, 0.15) is 12.3 Å². The molecular formula is C29H33NO5S2. The van der Waals surface area contributed by atoms with Crippen LogP contribution in [0.15, 0.2) is 99.8 Å². The predicted octanol–water partition coefficient (Wildman–Crippen LogP) is 5.28. The fourth-order valence-electron chi connectivity index (χ4n) is 4.36. The topological polar surface area (TPSA) is 80.8 Å². The molecule has 0 saturated carbocycles. The smallest absolute Gasteiger partial charge is 0.201 e. The van der Waals surface area contributed by atoms with Crippen LogP contribution < -0.4 is 0 Å². The van der Waals surface area contributed by atoms with Crippen LogP contribution in [0.2, 0.25) is 0 Å². The molecule has 1 heterocycles. The average molecular weight is 540 g/mol. The van der Waals surface area contributed by atoms with Crippen LogP contribution in [0.25, 0.3) is 0 Å². The van der Waals surface area contributed by atoms with Gasteiger partial charge >= 0.3 is 0 Å². The monoisotopic (exact) mass is 539 g/mol. The molecular weight excluding hydrogens is 506 g/mol. The summed E-state index contributed by atoms with van der Waals surface area (Å²) in [6, 6.07) is 23.0. The lowest BCUT2D eigenvalue weighted by molar-refractivity contribution is -0.00196. The molecule has 0 N–H and O–H groups in total. The first-order valence-corrected chi connectivity index (χ1v) is 15.4. The number of hydrogen-bond acceptors (Lipinski definition) is 6. The Bertz CT molecular complexity index is 1460. The standard InChI is InChI=1S/C29H33NO5S2/c1-21(2)29-27(19-36(31,32)25-14-10-22(3)11-15-25)30(18-24-8-6-5-7-9-24)28(35-29)20-37(33,34)26-16-12-23(4)13-17-26/h5-17,19,21,28-29H,18,20H2,1-4H3/b27-19+. The van der Waals surface area contributed by atoms with Crippen LogP contribution in [0.3, 0.4) is 0 Å².